The molecular formula is C35H57N3O5. The van der Waals surface area contributed by atoms with Crippen molar-refractivity contribution in [3.05, 3.63) is 35.9 Å². The largest absolute Gasteiger partial charge is 0.390 e. The zero-order chi connectivity index (χ0) is 31.4. The van der Waals surface area contributed by atoms with Crippen molar-refractivity contribution >= 4 is 17.7 Å². The van der Waals surface area contributed by atoms with Gasteiger partial charge >= 0.3 is 0 Å². The molecule has 2 saturated carbocycles. The quantitative estimate of drug-likeness (QED) is 0.214. The number of carbonyl (C=O) groups is 3. The van der Waals surface area contributed by atoms with Crippen LogP contribution in [0.3, 0.4) is 0 Å². The average Bonchev–Trinajstić information content (AvgIpc) is 3.80. The summed E-state index contributed by atoms with van der Waals surface area (Å²) >= 11 is 0. The summed E-state index contributed by atoms with van der Waals surface area (Å²) in [6.07, 6.45) is 8.65. The summed E-state index contributed by atoms with van der Waals surface area (Å²) < 4.78 is 0. The van der Waals surface area contributed by atoms with Gasteiger partial charge in [-0.25, -0.2) is 0 Å². The molecule has 1 aromatic rings. The van der Waals surface area contributed by atoms with Gasteiger partial charge in [0.25, 0.3) is 0 Å². The highest BCUT2D eigenvalue weighted by Crippen LogP contribution is 2.38. The molecule has 3 amide bonds. The highest BCUT2D eigenvalue weighted by molar-refractivity contribution is 5.89. The molecule has 3 rings (SSSR count). The normalized spacial score (nSPS) is 18.5. The number of hydrogen-bond acceptors (Lipinski definition) is 5. The SMILES string of the molecule is CC(C)C[C@H](O)[C@H](O)[C@H](CC1CCCCC1)N(CC(=O)N(C)C)C(=O)[C@@H](CC(=O)NCCCc1ccccc1)CC1CC1. The minimum absolute atomic E-state index is 0.0636. The second-order valence-corrected chi connectivity index (χ2v) is 13.8. The van der Waals surface area contributed by atoms with Crippen molar-refractivity contribution in [2.45, 2.75) is 116 Å². The molecule has 2 fully saturated rings. The third-order valence-electron chi connectivity index (χ3n) is 9.19. The monoisotopic (exact) mass is 599 g/mol. The predicted octanol–water partition coefficient (Wildman–Crippen LogP) is 4.57. The van der Waals surface area contributed by atoms with Gasteiger partial charge < -0.3 is 25.3 Å². The fourth-order valence-corrected chi connectivity index (χ4v) is 6.46. The molecule has 242 valence electrons. The number of aryl methyl sites for hydroxylation is 1. The number of nitrogens with one attached hydrogen (secondary N) is 1. The molecule has 0 bridgehead atoms. The third-order valence-corrected chi connectivity index (χ3v) is 9.19. The molecule has 1 aromatic carbocycles. The zero-order valence-corrected chi connectivity index (χ0v) is 27.0. The van der Waals surface area contributed by atoms with Crippen LogP contribution in [0.25, 0.3) is 0 Å². The van der Waals surface area contributed by atoms with E-state index in [0.29, 0.717) is 37.6 Å². The lowest BCUT2D eigenvalue weighted by Gasteiger charge is -2.41. The highest BCUT2D eigenvalue weighted by Gasteiger charge is 2.41. The van der Waals surface area contributed by atoms with E-state index in [0.717, 1.165) is 51.4 Å². The molecule has 8 heteroatoms. The molecule has 2 aliphatic carbocycles. The smallest absolute Gasteiger partial charge is 0.241 e. The standard InChI is InChI=1S/C35H57N3O5/c1-25(2)20-31(39)34(42)30(22-27-14-9-6-10-15-27)38(24-33(41)37(3)4)35(43)29(21-28-17-18-28)23-32(40)36-19-11-16-26-12-7-5-8-13-26/h5,7-8,12-13,25,27-31,34,39,42H,6,9-11,14-24H2,1-4H3,(H,36,40)/t29-,30+,31+,34-/m1/s1. The average molecular weight is 600 g/mol. The minimum Gasteiger partial charge on any atom is -0.390 e. The van der Waals surface area contributed by atoms with E-state index in [4.69, 9.17) is 0 Å². The van der Waals surface area contributed by atoms with Crippen molar-refractivity contribution in [2.24, 2.45) is 23.7 Å². The van der Waals surface area contributed by atoms with Gasteiger partial charge in [0.1, 0.15) is 12.6 Å². The van der Waals surface area contributed by atoms with Crippen molar-refractivity contribution in [1.29, 1.82) is 0 Å². The lowest BCUT2D eigenvalue weighted by atomic mass is 9.81. The molecule has 0 radical (unpaired) electrons. The Balaban J connectivity index is 1.79. The summed E-state index contributed by atoms with van der Waals surface area (Å²) in [5.41, 5.74) is 1.22. The molecule has 4 atom stereocenters. The van der Waals surface area contributed by atoms with Crippen LogP contribution in [0, 0.1) is 23.7 Å². The molecule has 0 unspecified atom stereocenters. The number of amides is 3. The Bertz CT molecular complexity index is 990. The minimum atomic E-state index is -1.17. The van der Waals surface area contributed by atoms with Gasteiger partial charge in [0.05, 0.1) is 12.1 Å². The van der Waals surface area contributed by atoms with Crippen molar-refractivity contribution in [3.8, 4) is 0 Å². The van der Waals surface area contributed by atoms with E-state index in [1.807, 2.05) is 32.0 Å². The Morgan fingerprint density at radius 3 is 2.19 bits per heavy atom. The number of hydrogen-bond donors (Lipinski definition) is 3. The predicted molar refractivity (Wildman–Crippen MR) is 170 cm³/mol. The Morgan fingerprint density at radius 1 is 0.930 bits per heavy atom. The molecule has 3 N–H and O–H groups in total. The maximum atomic E-state index is 14.4. The molecule has 0 saturated heterocycles. The second-order valence-electron chi connectivity index (χ2n) is 13.8. The number of rotatable bonds is 18. The van der Waals surface area contributed by atoms with Crippen molar-refractivity contribution in [1.82, 2.24) is 15.1 Å². The summed E-state index contributed by atoms with van der Waals surface area (Å²) in [6, 6.07) is 9.47. The van der Waals surface area contributed by atoms with Gasteiger partial charge in [-0.2, -0.15) is 0 Å². The van der Waals surface area contributed by atoms with Crippen molar-refractivity contribution in [2.75, 3.05) is 27.2 Å². The number of likely N-dealkylation sites (N-methyl/N-ethyl adjacent to an activating group) is 1. The first-order valence-electron chi connectivity index (χ1n) is 16.7. The summed E-state index contributed by atoms with van der Waals surface area (Å²) in [4.78, 5) is 43.7. The number of benzene rings is 1. The van der Waals surface area contributed by atoms with E-state index in [9.17, 15) is 24.6 Å². The molecule has 0 aromatic heterocycles. The third kappa shape index (κ3) is 12.2. The molecule has 43 heavy (non-hydrogen) atoms. The summed E-state index contributed by atoms with van der Waals surface area (Å²) in [7, 11) is 3.32. The lowest BCUT2D eigenvalue weighted by molar-refractivity contribution is -0.151. The van der Waals surface area contributed by atoms with Crippen LogP contribution in [0.5, 0.6) is 0 Å². The van der Waals surface area contributed by atoms with Crippen LogP contribution in [0.2, 0.25) is 0 Å². The van der Waals surface area contributed by atoms with E-state index in [1.165, 1.54) is 16.9 Å². The van der Waals surface area contributed by atoms with E-state index < -0.39 is 24.2 Å². The van der Waals surface area contributed by atoms with Gasteiger partial charge in [0.15, 0.2) is 0 Å². The van der Waals surface area contributed by atoms with E-state index in [1.54, 1.807) is 19.0 Å². The van der Waals surface area contributed by atoms with Crippen LogP contribution in [0.1, 0.15) is 96.5 Å². The van der Waals surface area contributed by atoms with Crippen LogP contribution in [-0.2, 0) is 20.8 Å². The first-order valence-corrected chi connectivity index (χ1v) is 16.7. The summed E-state index contributed by atoms with van der Waals surface area (Å²) in [5.74, 6) is -0.323. The Kier molecular flexibility index (Phi) is 14.5. The van der Waals surface area contributed by atoms with Gasteiger partial charge in [-0.15, -0.1) is 0 Å². The van der Waals surface area contributed by atoms with E-state index in [2.05, 4.69) is 17.4 Å². The van der Waals surface area contributed by atoms with Gasteiger partial charge in [0.2, 0.25) is 17.7 Å². The lowest BCUT2D eigenvalue weighted by Crippen LogP contribution is -2.56. The van der Waals surface area contributed by atoms with Gasteiger partial charge in [-0.05, 0) is 55.4 Å². The molecule has 0 heterocycles. The molecule has 0 spiro atoms. The first kappa shape index (κ1) is 35.0. The Morgan fingerprint density at radius 2 is 1.58 bits per heavy atom. The van der Waals surface area contributed by atoms with Crippen molar-refractivity contribution < 1.29 is 24.6 Å². The van der Waals surface area contributed by atoms with Crippen LogP contribution in [0.15, 0.2) is 30.3 Å². The molecular weight excluding hydrogens is 542 g/mol. The number of aliphatic hydroxyl groups is 2. The fourth-order valence-electron chi connectivity index (χ4n) is 6.46. The summed E-state index contributed by atoms with van der Waals surface area (Å²) in [6.45, 7) is 4.35. The second kappa shape index (κ2) is 17.7. The van der Waals surface area contributed by atoms with Crippen LogP contribution in [-0.4, -0.2) is 83.2 Å². The number of nitrogens with zero attached hydrogens (tertiary/aromatic N) is 2. The number of carbonyl (C=O) groups excluding carboxylic acids is 3. The maximum Gasteiger partial charge on any atom is 0.241 e. The first-order chi connectivity index (χ1) is 20.5. The zero-order valence-electron chi connectivity index (χ0n) is 27.0. The van der Waals surface area contributed by atoms with Gasteiger partial charge in [-0.3, -0.25) is 14.4 Å². The molecule has 2 aliphatic rings. The Hall–Kier alpha value is -2.45. The summed E-state index contributed by atoms with van der Waals surface area (Å²) in [5, 5.41) is 25.6. The number of aliphatic hydroxyl groups excluding tert-OH is 2. The molecule has 8 nitrogen and oxygen atoms in total. The maximum absolute atomic E-state index is 14.4. The highest BCUT2D eigenvalue weighted by atomic mass is 16.3. The van der Waals surface area contributed by atoms with Crippen LogP contribution < -0.4 is 5.32 Å². The topological polar surface area (TPSA) is 110 Å². The van der Waals surface area contributed by atoms with Crippen LogP contribution >= 0.6 is 0 Å². The van der Waals surface area contributed by atoms with E-state index in [-0.39, 0.29) is 36.6 Å². The Labute approximate surface area is 259 Å². The van der Waals surface area contributed by atoms with E-state index >= 15 is 0 Å². The van der Waals surface area contributed by atoms with Gasteiger partial charge in [-0.1, -0.05) is 89.1 Å². The van der Waals surface area contributed by atoms with Crippen molar-refractivity contribution in [3.63, 3.8) is 0 Å². The fraction of sp³-hybridized carbons (Fsp3) is 0.743. The van der Waals surface area contributed by atoms with Crippen LogP contribution in [0.4, 0.5) is 0 Å². The molecule has 0 aliphatic heterocycles. The van der Waals surface area contributed by atoms with Gasteiger partial charge in [0, 0.05) is 33.0 Å².